The number of nitrogens with one attached hydrogen (secondary N) is 1. The molecule has 1 N–H and O–H groups in total. The number of amides is 1. The smallest absolute Gasteiger partial charge is 0.376 e. The summed E-state index contributed by atoms with van der Waals surface area (Å²) in [6.07, 6.45) is -4.39. The number of morpholine rings is 1. The van der Waals surface area contributed by atoms with Crippen molar-refractivity contribution in [3.05, 3.63) is 34.4 Å². The van der Waals surface area contributed by atoms with Crippen LogP contribution in [0, 0.1) is 0 Å². The number of alkyl halides is 3. The van der Waals surface area contributed by atoms with Crippen molar-refractivity contribution in [3.63, 3.8) is 0 Å². The van der Waals surface area contributed by atoms with Crippen LogP contribution in [0.1, 0.15) is 34.0 Å². The van der Waals surface area contributed by atoms with Gasteiger partial charge in [-0.3, -0.25) is 9.69 Å². The Balaban J connectivity index is 1.92. The van der Waals surface area contributed by atoms with Crippen LogP contribution >= 0.6 is 0 Å². The Morgan fingerprint density at radius 3 is 2.86 bits per heavy atom. The van der Waals surface area contributed by atoms with E-state index in [2.05, 4.69) is 5.32 Å². The zero-order chi connectivity index (χ0) is 15.9. The maximum Gasteiger partial charge on any atom is 0.416 e. The molecule has 0 unspecified atom stereocenters. The molecule has 0 radical (unpaired) electrons. The van der Waals surface area contributed by atoms with E-state index < -0.39 is 17.6 Å². The lowest BCUT2D eigenvalue weighted by Gasteiger charge is -2.31. The third-order valence-electron chi connectivity index (χ3n) is 4.02. The van der Waals surface area contributed by atoms with E-state index in [4.69, 9.17) is 4.74 Å². The van der Waals surface area contributed by atoms with Gasteiger partial charge >= 0.3 is 6.18 Å². The van der Waals surface area contributed by atoms with E-state index in [-0.39, 0.29) is 23.8 Å². The Labute approximate surface area is 126 Å². The van der Waals surface area contributed by atoms with E-state index in [9.17, 15) is 18.0 Å². The molecule has 0 spiro atoms. The van der Waals surface area contributed by atoms with Gasteiger partial charge in [0, 0.05) is 31.7 Å². The Hall–Kier alpha value is -1.60. The number of carbonyl (C=O) groups excluding carboxylic acids is 1. The number of halogens is 3. The van der Waals surface area contributed by atoms with Crippen molar-refractivity contribution in [3.8, 4) is 0 Å². The highest BCUT2D eigenvalue weighted by Crippen LogP contribution is 2.36. The van der Waals surface area contributed by atoms with Crippen LogP contribution in [0.3, 0.4) is 0 Å². The van der Waals surface area contributed by atoms with E-state index >= 15 is 0 Å². The molecule has 1 fully saturated rings. The van der Waals surface area contributed by atoms with Crippen molar-refractivity contribution in [2.24, 2.45) is 0 Å². The minimum atomic E-state index is -4.45. The van der Waals surface area contributed by atoms with Crippen molar-refractivity contribution in [1.82, 2.24) is 10.2 Å². The first-order valence-electron chi connectivity index (χ1n) is 7.20. The van der Waals surface area contributed by atoms with Gasteiger partial charge in [0.1, 0.15) is 0 Å². The van der Waals surface area contributed by atoms with Gasteiger partial charge in [-0.05, 0) is 30.2 Å². The molecule has 1 saturated heterocycles. The van der Waals surface area contributed by atoms with E-state index in [0.717, 1.165) is 0 Å². The highest BCUT2D eigenvalue weighted by Gasteiger charge is 2.37. The average molecular weight is 314 g/mol. The largest absolute Gasteiger partial charge is 0.416 e. The summed E-state index contributed by atoms with van der Waals surface area (Å²) in [5.41, 5.74) is -0.000360. The maximum atomic E-state index is 13.2. The molecule has 0 saturated carbocycles. The van der Waals surface area contributed by atoms with Gasteiger partial charge in [-0.25, -0.2) is 0 Å². The molecule has 1 amide bonds. The summed E-state index contributed by atoms with van der Waals surface area (Å²) in [5.74, 6) is -0.433. The van der Waals surface area contributed by atoms with Crippen LogP contribution in [0.2, 0.25) is 0 Å². The second-order valence-corrected chi connectivity index (χ2v) is 5.77. The van der Waals surface area contributed by atoms with Crippen molar-refractivity contribution in [1.29, 1.82) is 0 Å². The molecule has 0 aliphatic carbocycles. The van der Waals surface area contributed by atoms with E-state index in [1.165, 1.54) is 6.07 Å². The predicted molar refractivity (Wildman–Crippen MR) is 73.3 cm³/mol. The van der Waals surface area contributed by atoms with Gasteiger partial charge in [0.15, 0.2) is 0 Å². The van der Waals surface area contributed by atoms with Gasteiger partial charge in [-0.15, -0.1) is 0 Å². The van der Waals surface area contributed by atoms with Crippen LogP contribution in [0.5, 0.6) is 0 Å². The summed E-state index contributed by atoms with van der Waals surface area (Å²) < 4.78 is 45.1. The molecule has 0 aromatic heterocycles. The van der Waals surface area contributed by atoms with Crippen LogP contribution in [0.15, 0.2) is 12.1 Å². The van der Waals surface area contributed by atoms with Gasteiger partial charge in [-0.2, -0.15) is 13.2 Å². The number of nitrogens with zero attached hydrogens (tertiary/aromatic N) is 1. The molecule has 1 atom stereocenters. The molecule has 2 aliphatic rings. The quantitative estimate of drug-likeness (QED) is 0.910. The SMILES string of the molecule is C[C@@H]1CN(Cc2cc3c(c(C(F)(F)F)c2)CNC3=O)CCO1. The fraction of sp³-hybridized carbons (Fsp3) is 0.533. The van der Waals surface area contributed by atoms with Crippen LogP contribution in [0.25, 0.3) is 0 Å². The van der Waals surface area contributed by atoms with Gasteiger partial charge < -0.3 is 10.1 Å². The maximum absolute atomic E-state index is 13.2. The minimum Gasteiger partial charge on any atom is -0.376 e. The molecule has 22 heavy (non-hydrogen) atoms. The second-order valence-electron chi connectivity index (χ2n) is 5.77. The Bertz CT molecular complexity index is 601. The minimum absolute atomic E-state index is 0.0524. The zero-order valence-corrected chi connectivity index (χ0v) is 12.2. The monoisotopic (exact) mass is 314 g/mol. The summed E-state index contributed by atoms with van der Waals surface area (Å²) >= 11 is 0. The standard InChI is InChI=1S/C15H17F3N2O2/c1-9-7-20(2-3-22-9)8-10-4-11-12(6-19-14(11)21)13(5-10)15(16,17)18/h4-5,9H,2-3,6-8H2,1H3,(H,19,21)/t9-/m1/s1. The highest BCUT2D eigenvalue weighted by molar-refractivity contribution is 5.99. The molecule has 7 heteroatoms. The Morgan fingerprint density at radius 2 is 2.18 bits per heavy atom. The molecule has 2 heterocycles. The number of benzene rings is 1. The molecule has 3 rings (SSSR count). The zero-order valence-electron chi connectivity index (χ0n) is 12.2. The first-order valence-corrected chi connectivity index (χ1v) is 7.20. The summed E-state index contributed by atoms with van der Waals surface area (Å²) in [4.78, 5) is 13.8. The topological polar surface area (TPSA) is 41.6 Å². The summed E-state index contributed by atoms with van der Waals surface area (Å²) in [5, 5.41) is 2.46. The van der Waals surface area contributed by atoms with Crippen molar-refractivity contribution in [2.75, 3.05) is 19.7 Å². The lowest BCUT2D eigenvalue weighted by Crippen LogP contribution is -2.40. The summed E-state index contributed by atoms with van der Waals surface area (Å²) in [6, 6.07) is 2.74. The third-order valence-corrected chi connectivity index (χ3v) is 4.02. The molecule has 1 aromatic rings. The number of hydrogen-bond acceptors (Lipinski definition) is 3. The predicted octanol–water partition coefficient (Wildman–Crippen LogP) is 2.17. The Kier molecular flexibility index (Phi) is 3.86. The molecule has 2 aliphatic heterocycles. The Morgan fingerprint density at radius 1 is 1.41 bits per heavy atom. The van der Waals surface area contributed by atoms with Crippen LogP contribution in [-0.4, -0.2) is 36.6 Å². The van der Waals surface area contributed by atoms with Crippen LogP contribution < -0.4 is 5.32 Å². The highest BCUT2D eigenvalue weighted by atomic mass is 19.4. The summed E-state index contributed by atoms with van der Waals surface area (Å²) in [7, 11) is 0. The van der Waals surface area contributed by atoms with Crippen molar-refractivity contribution >= 4 is 5.91 Å². The third kappa shape index (κ3) is 2.96. The fourth-order valence-corrected chi connectivity index (χ4v) is 3.03. The van der Waals surface area contributed by atoms with Crippen LogP contribution in [0.4, 0.5) is 13.2 Å². The average Bonchev–Trinajstić information content (AvgIpc) is 2.79. The molecule has 4 nitrogen and oxygen atoms in total. The first kappa shape index (κ1) is 15.3. The van der Waals surface area contributed by atoms with Crippen LogP contribution in [-0.2, 0) is 24.0 Å². The molecule has 0 bridgehead atoms. The van der Waals surface area contributed by atoms with Gasteiger partial charge in [0.25, 0.3) is 5.91 Å². The normalized spacial score (nSPS) is 22.5. The van der Waals surface area contributed by atoms with Gasteiger partial charge in [0.05, 0.1) is 18.3 Å². The number of fused-ring (bicyclic) bond motifs is 1. The van der Waals surface area contributed by atoms with Crippen molar-refractivity contribution < 1.29 is 22.7 Å². The van der Waals surface area contributed by atoms with E-state index in [1.54, 1.807) is 6.07 Å². The number of ether oxygens (including phenoxy) is 1. The number of rotatable bonds is 2. The summed E-state index contributed by atoms with van der Waals surface area (Å²) in [6.45, 7) is 4.18. The van der Waals surface area contributed by atoms with E-state index in [0.29, 0.717) is 31.8 Å². The molecular weight excluding hydrogens is 297 g/mol. The van der Waals surface area contributed by atoms with Gasteiger partial charge in [0.2, 0.25) is 0 Å². The molecular formula is C15H17F3N2O2. The van der Waals surface area contributed by atoms with E-state index in [1.807, 2.05) is 11.8 Å². The second kappa shape index (κ2) is 5.55. The molecule has 120 valence electrons. The lowest BCUT2D eigenvalue weighted by molar-refractivity contribution is -0.138. The molecule has 1 aromatic carbocycles. The first-order chi connectivity index (χ1) is 10.3. The fourth-order valence-electron chi connectivity index (χ4n) is 3.03. The van der Waals surface area contributed by atoms with Gasteiger partial charge in [-0.1, -0.05) is 0 Å². The number of hydrogen-bond donors (Lipinski definition) is 1. The van der Waals surface area contributed by atoms with Crippen molar-refractivity contribution in [2.45, 2.75) is 32.3 Å². The lowest BCUT2D eigenvalue weighted by atomic mass is 9.98. The number of carbonyl (C=O) groups is 1.